The van der Waals surface area contributed by atoms with E-state index in [4.69, 9.17) is 16.3 Å². The Morgan fingerprint density at radius 2 is 2.22 bits per heavy atom. The molecule has 2 amide bonds. The number of carbonyl (C=O) groups is 2. The van der Waals surface area contributed by atoms with Crippen molar-refractivity contribution < 1.29 is 18.7 Å². The number of aromatic nitrogens is 3. The van der Waals surface area contributed by atoms with Gasteiger partial charge in [-0.05, 0) is 47.9 Å². The molecular weight excluding hydrogens is 521 g/mol. The number of anilines is 1. The quantitative estimate of drug-likeness (QED) is 0.242. The highest BCUT2D eigenvalue weighted by molar-refractivity contribution is 7.13. The van der Waals surface area contributed by atoms with E-state index in [1.165, 1.54) is 41.3 Å². The summed E-state index contributed by atoms with van der Waals surface area (Å²) in [6.45, 7) is 0.00488. The van der Waals surface area contributed by atoms with Crippen molar-refractivity contribution in [2.45, 2.75) is 19.2 Å². The molecule has 0 saturated heterocycles. The fourth-order valence-corrected chi connectivity index (χ4v) is 5.13. The van der Waals surface area contributed by atoms with Crippen LogP contribution < -0.4 is 16.0 Å². The number of halogens is 2. The Bertz CT molecular complexity index is 1580. The van der Waals surface area contributed by atoms with Crippen molar-refractivity contribution in [2.75, 3.05) is 19.1 Å². The van der Waals surface area contributed by atoms with Crippen molar-refractivity contribution >= 4 is 50.9 Å². The lowest BCUT2D eigenvalue weighted by molar-refractivity contribution is -0.123. The van der Waals surface area contributed by atoms with Gasteiger partial charge in [0.05, 0.1) is 40.4 Å². The molecule has 2 aromatic heterocycles. The van der Waals surface area contributed by atoms with Gasteiger partial charge in [0, 0.05) is 23.0 Å². The van der Waals surface area contributed by atoms with Crippen molar-refractivity contribution in [1.29, 1.82) is 5.26 Å². The third-order valence-corrected chi connectivity index (χ3v) is 7.05. The average molecular weight is 540 g/mol. The molecule has 0 fully saturated rings. The van der Waals surface area contributed by atoms with Gasteiger partial charge in [0.2, 0.25) is 11.7 Å². The second-order valence-electron chi connectivity index (χ2n) is 8.12. The van der Waals surface area contributed by atoms with Gasteiger partial charge in [0.15, 0.2) is 5.82 Å². The molecule has 0 radical (unpaired) electrons. The van der Waals surface area contributed by atoms with Gasteiger partial charge in [-0.2, -0.15) is 9.64 Å². The van der Waals surface area contributed by atoms with E-state index in [0.717, 1.165) is 10.1 Å². The highest BCUT2D eigenvalue weighted by atomic mass is 35.5. The minimum absolute atomic E-state index is 0.00823. The number of amides is 2. The van der Waals surface area contributed by atoms with Crippen LogP contribution in [-0.4, -0.2) is 39.5 Å². The van der Waals surface area contributed by atoms with E-state index in [0.29, 0.717) is 22.5 Å². The van der Waals surface area contributed by atoms with Crippen LogP contribution in [0.5, 0.6) is 0 Å². The number of nitrogens with zero attached hydrogens (tertiary/aromatic N) is 4. The maximum absolute atomic E-state index is 14.1. The standard InChI is InChI=1S/C24H19ClFN7O3S/c1-28-24(35)23-31-22(29-11-36-10-17-15-6-12(8-27)2-5-18(15)37-32-17)21-20(30-19(34)9-33(21)23)14-7-13(26)3-4-16(14)25/h2-7,20,29H,9-11H2,1H3,(H,28,35)(H,30,34). The second-order valence-corrected chi connectivity index (χ2v) is 9.33. The van der Waals surface area contributed by atoms with Gasteiger partial charge < -0.3 is 25.3 Å². The highest BCUT2D eigenvalue weighted by Gasteiger charge is 2.35. The predicted molar refractivity (Wildman–Crippen MR) is 135 cm³/mol. The zero-order valence-corrected chi connectivity index (χ0v) is 20.9. The Kier molecular flexibility index (Phi) is 6.75. The van der Waals surface area contributed by atoms with Crippen LogP contribution in [0.1, 0.15) is 39.2 Å². The number of carbonyl (C=O) groups excluding carboxylic acids is 2. The maximum Gasteiger partial charge on any atom is 0.287 e. The SMILES string of the molecule is CNC(=O)c1nc(NCOCc2nsc3ccc(C#N)cc23)c2n1CC(=O)NC2c1cc(F)ccc1Cl. The van der Waals surface area contributed by atoms with Crippen LogP contribution >= 0.6 is 23.1 Å². The topological polar surface area (TPSA) is 134 Å². The summed E-state index contributed by atoms with van der Waals surface area (Å²) in [4.78, 5) is 29.5. The van der Waals surface area contributed by atoms with Gasteiger partial charge >= 0.3 is 0 Å². The number of hydrogen-bond acceptors (Lipinski definition) is 8. The van der Waals surface area contributed by atoms with Crippen molar-refractivity contribution in [2.24, 2.45) is 0 Å². The lowest BCUT2D eigenvalue weighted by Crippen LogP contribution is -2.40. The van der Waals surface area contributed by atoms with E-state index in [9.17, 15) is 19.2 Å². The summed E-state index contributed by atoms with van der Waals surface area (Å²) in [5, 5.41) is 18.6. The molecule has 37 heavy (non-hydrogen) atoms. The predicted octanol–water partition coefficient (Wildman–Crippen LogP) is 3.32. The largest absolute Gasteiger partial charge is 0.355 e. The van der Waals surface area contributed by atoms with Gasteiger partial charge in [-0.25, -0.2) is 9.37 Å². The summed E-state index contributed by atoms with van der Waals surface area (Å²) in [7, 11) is 1.46. The van der Waals surface area contributed by atoms with Crippen molar-refractivity contribution in [3.05, 3.63) is 75.6 Å². The Hall–Kier alpha value is -4.05. The van der Waals surface area contributed by atoms with Gasteiger partial charge in [0.1, 0.15) is 19.1 Å². The molecule has 3 heterocycles. The molecule has 188 valence electrons. The smallest absolute Gasteiger partial charge is 0.287 e. The van der Waals surface area contributed by atoms with Gasteiger partial charge in [-0.15, -0.1) is 0 Å². The van der Waals surface area contributed by atoms with Crippen LogP contribution in [0.25, 0.3) is 10.1 Å². The summed E-state index contributed by atoms with van der Waals surface area (Å²) in [5.74, 6) is -1.10. The molecule has 0 bridgehead atoms. The molecule has 0 aliphatic carbocycles. The van der Waals surface area contributed by atoms with Crippen LogP contribution in [0.3, 0.4) is 0 Å². The highest BCUT2D eigenvalue weighted by Crippen LogP contribution is 2.36. The van der Waals surface area contributed by atoms with Crippen LogP contribution in [0.15, 0.2) is 36.4 Å². The molecule has 10 nitrogen and oxygen atoms in total. The Morgan fingerprint density at radius 1 is 1.38 bits per heavy atom. The van der Waals surface area contributed by atoms with Crippen LogP contribution in [0.4, 0.5) is 10.2 Å². The van der Waals surface area contributed by atoms with Gasteiger partial charge in [-0.3, -0.25) is 9.59 Å². The third kappa shape index (κ3) is 4.72. The number of imidazole rings is 1. The van der Waals surface area contributed by atoms with E-state index in [-0.39, 0.29) is 42.5 Å². The number of ether oxygens (including phenoxy) is 1. The lowest BCUT2D eigenvalue weighted by atomic mass is 10.0. The van der Waals surface area contributed by atoms with Crippen LogP contribution in [-0.2, 0) is 22.7 Å². The number of hydrogen-bond donors (Lipinski definition) is 3. The minimum atomic E-state index is -0.857. The molecule has 1 unspecified atom stereocenters. The number of nitrogens with one attached hydrogen (secondary N) is 3. The first-order valence-corrected chi connectivity index (χ1v) is 12.2. The first-order chi connectivity index (χ1) is 17.9. The molecule has 1 aliphatic rings. The van der Waals surface area contributed by atoms with Crippen molar-refractivity contribution in [3.63, 3.8) is 0 Å². The van der Waals surface area contributed by atoms with Crippen molar-refractivity contribution in [1.82, 2.24) is 24.6 Å². The third-order valence-electron chi connectivity index (χ3n) is 5.84. The summed E-state index contributed by atoms with van der Waals surface area (Å²) in [6, 6.07) is 10.5. The molecule has 0 saturated carbocycles. The van der Waals surface area contributed by atoms with Gasteiger partial charge in [-0.1, -0.05) is 11.6 Å². The number of rotatable bonds is 7. The Labute approximate surface area is 219 Å². The molecule has 2 aromatic carbocycles. The van der Waals surface area contributed by atoms with E-state index in [2.05, 4.69) is 31.4 Å². The fourth-order valence-electron chi connectivity index (χ4n) is 4.14. The Morgan fingerprint density at radius 3 is 3.00 bits per heavy atom. The zero-order chi connectivity index (χ0) is 26.1. The second kappa shape index (κ2) is 10.1. The van der Waals surface area contributed by atoms with Crippen molar-refractivity contribution in [3.8, 4) is 6.07 Å². The maximum atomic E-state index is 14.1. The molecule has 0 spiro atoms. The summed E-state index contributed by atoms with van der Waals surface area (Å²) in [6.07, 6.45) is 0. The molecule has 1 atom stereocenters. The van der Waals surface area contributed by atoms with E-state index in [1.54, 1.807) is 12.1 Å². The normalized spacial score (nSPS) is 14.6. The van der Waals surface area contributed by atoms with E-state index in [1.807, 2.05) is 6.07 Å². The van der Waals surface area contributed by atoms with Gasteiger partial charge in [0.25, 0.3) is 5.91 Å². The number of benzene rings is 2. The lowest BCUT2D eigenvalue weighted by Gasteiger charge is -2.28. The molecule has 3 N–H and O–H groups in total. The zero-order valence-electron chi connectivity index (χ0n) is 19.3. The summed E-state index contributed by atoms with van der Waals surface area (Å²) >= 11 is 7.66. The monoisotopic (exact) mass is 539 g/mol. The molecule has 4 aromatic rings. The molecule has 13 heteroatoms. The summed E-state index contributed by atoms with van der Waals surface area (Å²) < 4.78 is 26.7. The molecular formula is C24H19ClFN7O3S. The first-order valence-electron chi connectivity index (χ1n) is 11.1. The number of nitriles is 1. The molecule has 5 rings (SSSR count). The van der Waals surface area contributed by atoms with Crippen LogP contribution in [0.2, 0.25) is 5.02 Å². The van der Waals surface area contributed by atoms with E-state index >= 15 is 0 Å². The molecule has 1 aliphatic heterocycles. The Balaban J connectivity index is 1.42. The average Bonchev–Trinajstić information content (AvgIpc) is 3.47. The minimum Gasteiger partial charge on any atom is -0.355 e. The number of fused-ring (bicyclic) bond motifs is 2. The summed E-state index contributed by atoms with van der Waals surface area (Å²) in [5.41, 5.74) is 1.98. The fraction of sp³-hybridized carbons (Fsp3) is 0.208. The van der Waals surface area contributed by atoms with Crippen LogP contribution in [0, 0.1) is 17.1 Å². The van der Waals surface area contributed by atoms with E-state index < -0.39 is 17.8 Å². The first kappa shape index (κ1) is 24.6.